The molecular weight excluding hydrogens is 788 g/mol. The number of hydrogen-bond acceptors (Lipinski definition) is 2. The molecule has 8 aromatic carbocycles. The molecule has 0 unspecified atom stereocenters. The van der Waals surface area contributed by atoms with Crippen molar-refractivity contribution >= 4 is 86.0 Å². The van der Waals surface area contributed by atoms with E-state index in [2.05, 4.69) is 255 Å². The highest BCUT2D eigenvalue weighted by Gasteiger charge is 2.47. The molecule has 0 atom stereocenters. The number of rotatable bonds is 6. The minimum Gasteiger partial charge on any atom is -0.311 e. The van der Waals surface area contributed by atoms with Crippen molar-refractivity contribution in [3.05, 3.63) is 209 Å². The predicted octanol–water partition coefficient (Wildman–Crippen LogP) is 11.0. The fourth-order valence-corrected chi connectivity index (χ4v) is 15.8. The molecule has 10 rings (SSSR count). The molecule has 4 heteroatoms. The zero-order valence-electron chi connectivity index (χ0n) is 39.2. The summed E-state index contributed by atoms with van der Waals surface area (Å²) in [5.41, 5.74) is 19.3. The first-order valence-corrected chi connectivity index (χ1v) is 25.0. The van der Waals surface area contributed by atoms with Crippen molar-refractivity contribution in [3.8, 4) is 0 Å². The smallest absolute Gasteiger partial charge is 0.252 e. The quantitative estimate of drug-likeness (QED) is 0.122. The highest BCUT2D eigenvalue weighted by atomic mass is 28.3. The van der Waals surface area contributed by atoms with Gasteiger partial charge in [0, 0.05) is 28.4 Å². The van der Waals surface area contributed by atoms with Gasteiger partial charge >= 0.3 is 0 Å². The van der Waals surface area contributed by atoms with Crippen LogP contribution in [0.25, 0.3) is 0 Å². The largest absolute Gasteiger partial charge is 0.311 e. The van der Waals surface area contributed by atoms with Crippen molar-refractivity contribution in [2.45, 2.75) is 80.1 Å². The van der Waals surface area contributed by atoms with Gasteiger partial charge in [-0.15, -0.1) is 0 Å². The van der Waals surface area contributed by atoms with Crippen LogP contribution in [0.4, 0.5) is 34.1 Å². The van der Waals surface area contributed by atoms with Gasteiger partial charge in [0.05, 0.1) is 5.69 Å². The lowest BCUT2D eigenvalue weighted by molar-refractivity contribution is 0.590. The van der Waals surface area contributed by atoms with Crippen molar-refractivity contribution in [3.63, 3.8) is 0 Å². The molecule has 2 aliphatic rings. The minimum atomic E-state index is -2.88. The summed E-state index contributed by atoms with van der Waals surface area (Å²) in [7, 11) is -2.88. The second-order valence-corrected chi connectivity index (χ2v) is 24.3. The third-order valence-corrected chi connectivity index (χ3v) is 18.8. The summed E-state index contributed by atoms with van der Waals surface area (Å²) < 4.78 is 0. The van der Waals surface area contributed by atoms with Gasteiger partial charge in [-0.05, 0) is 140 Å². The van der Waals surface area contributed by atoms with E-state index < -0.39 is 8.07 Å². The van der Waals surface area contributed by atoms with Crippen molar-refractivity contribution in [1.82, 2.24) is 0 Å². The summed E-state index contributed by atoms with van der Waals surface area (Å²) in [4.78, 5) is 5.19. The summed E-state index contributed by atoms with van der Waals surface area (Å²) in [5.74, 6) is 0. The molecule has 8 aromatic rings. The third kappa shape index (κ3) is 6.69. The molecule has 316 valence electrons. The van der Waals surface area contributed by atoms with Crippen LogP contribution in [-0.4, -0.2) is 14.8 Å². The molecular formula is C60H59BN2Si. The average molecular weight is 847 g/mol. The Balaban J connectivity index is 1.35. The molecule has 2 aliphatic heterocycles. The summed E-state index contributed by atoms with van der Waals surface area (Å²) in [6.45, 7) is 23.0. The van der Waals surface area contributed by atoms with Crippen LogP contribution in [0.5, 0.6) is 0 Å². The van der Waals surface area contributed by atoms with E-state index in [0.717, 1.165) is 0 Å². The van der Waals surface area contributed by atoms with Crippen LogP contribution in [0.1, 0.15) is 74.9 Å². The Morgan fingerprint density at radius 1 is 0.391 bits per heavy atom. The molecule has 0 spiro atoms. The molecule has 2 nitrogen and oxygen atoms in total. The third-order valence-electron chi connectivity index (χ3n) is 14.0. The maximum atomic E-state index is 2.65. The van der Waals surface area contributed by atoms with E-state index in [4.69, 9.17) is 0 Å². The maximum absolute atomic E-state index is 2.88. The topological polar surface area (TPSA) is 6.48 Å². The lowest BCUT2D eigenvalue weighted by atomic mass is 9.33. The van der Waals surface area contributed by atoms with Crippen LogP contribution in [0, 0.1) is 27.7 Å². The SMILES string of the molecule is Cc1cc(C)c(N2c3ccc([Si](c4ccccc4)(c4ccccc4)c4ccccc4)cc3B3c4cc(C(C)(C)C)ccc4N(c4ccc(C(C)(C)C)cc4)c4cc(C)cc2c43)c(C)c1. The molecule has 0 saturated carbocycles. The monoisotopic (exact) mass is 846 g/mol. The van der Waals surface area contributed by atoms with E-state index in [0.29, 0.717) is 0 Å². The Morgan fingerprint density at radius 2 is 0.828 bits per heavy atom. The second-order valence-electron chi connectivity index (χ2n) is 20.5. The Hall–Kier alpha value is -6.36. The van der Waals surface area contributed by atoms with Crippen LogP contribution in [0.3, 0.4) is 0 Å². The van der Waals surface area contributed by atoms with E-state index in [1.165, 1.54) is 105 Å². The molecule has 2 heterocycles. The maximum Gasteiger partial charge on any atom is 0.252 e. The molecule has 0 amide bonds. The molecule has 0 radical (unpaired) electrons. The van der Waals surface area contributed by atoms with Crippen molar-refractivity contribution < 1.29 is 0 Å². The van der Waals surface area contributed by atoms with Gasteiger partial charge in [-0.25, -0.2) is 0 Å². The summed E-state index contributed by atoms with van der Waals surface area (Å²) >= 11 is 0. The van der Waals surface area contributed by atoms with E-state index in [-0.39, 0.29) is 17.5 Å². The van der Waals surface area contributed by atoms with Crippen molar-refractivity contribution in [2.24, 2.45) is 0 Å². The molecule has 0 N–H and O–H groups in total. The first-order chi connectivity index (χ1) is 30.7. The van der Waals surface area contributed by atoms with Gasteiger partial charge in [0.2, 0.25) is 0 Å². The van der Waals surface area contributed by atoms with Crippen LogP contribution in [0.15, 0.2) is 176 Å². The normalized spacial score (nSPS) is 13.4. The van der Waals surface area contributed by atoms with Crippen molar-refractivity contribution in [2.75, 3.05) is 9.80 Å². The van der Waals surface area contributed by atoms with Crippen LogP contribution in [-0.2, 0) is 10.8 Å². The Bertz CT molecular complexity index is 2930. The summed E-state index contributed by atoms with van der Waals surface area (Å²) in [5, 5.41) is 5.53. The number of anilines is 6. The van der Waals surface area contributed by atoms with Crippen LogP contribution < -0.4 is 46.9 Å². The predicted molar refractivity (Wildman–Crippen MR) is 280 cm³/mol. The lowest BCUT2D eigenvalue weighted by Crippen LogP contribution is -2.75. The van der Waals surface area contributed by atoms with E-state index in [1.807, 2.05) is 0 Å². The Labute approximate surface area is 383 Å². The zero-order valence-corrected chi connectivity index (χ0v) is 40.2. The molecule has 0 saturated heterocycles. The van der Waals surface area contributed by atoms with Gasteiger partial charge in [-0.1, -0.05) is 187 Å². The molecule has 0 fully saturated rings. The van der Waals surface area contributed by atoms with Gasteiger partial charge in [-0.2, -0.15) is 0 Å². The zero-order chi connectivity index (χ0) is 44.7. The highest BCUT2D eigenvalue weighted by molar-refractivity contribution is 7.20. The lowest BCUT2D eigenvalue weighted by Gasteiger charge is -2.46. The number of aryl methyl sites for hydroxylation is 4. The van der Waals surface area contributed by atoms with Gasteiger partial charge in [-0.3, -0.25) is 0 Å². The first-order valence-electron chi connectivity index (χ1n) is 23.0. The highest BCUT2D eigenvalue weighted by Crippen LogP contribution is 2.46. The fourth-order valence-electron chi connectivity index (χ4n) is 11.1. The number of fused-ring (bicyclic) bond motifs is 4. The summed E-state index contributed by atoms with van der Waals surface area (Å²) in [6, 6.07) is 68.0. The van der Waals surface area contributed by atoms with Crippen LogP contribution >= 0.6 is 0 Å². The van der Waals surface area contributed by atoms with E-state index in [1.54, 1.807) is 0 Å². The number of hydrogen-bond donors (Lipinski definition) is 0. The first kappa shape index (κ1) is 41.6. The van der Waals surface area contributed by atoms with E-state index in [9.17, 15) is 0 Å². The minimum absolute atomic E-state index is 0.0146. The van der Waals surface area contributed by atoms with Gasteiger partial charge in [0.1, 0.15) is 0 Å². The van der Waals surface area contributed by atoms with E-state index >= 15 is 0 Å². The molecule has 64 heavy (non-hydrogen) atoms. The molecule has 0 bridgehead atoms. The van der Waals surface area contributed by atoms with Crippen molar-refractivity contribution in [1.29, 1.82) is 0 Å². The van der Waals surface area contributed by atoms with Gasteiger partial charge in [0.15, 0.2) is 8.07 Å². The number of nitrogens with zero attached hydrogens (tertiary/aromatic N) is 2. The van der Waals surface area contributed by atoms with Gasteiger partial charge < -0.3 is 9.80 Å². The van der Waals surface area contributed by atoms with Gasteiger partial charge in [0.25, 0.3) is 6.71 Å². The standard InChI is InChI=1S/C60H59BN2Si/c1-40-34-42(3)58(43(4)35-40)63-54-33-31-50(64(47-20-14-11-15-21-47,48-22-16-12-17-23-48)49-24-18-13-19-25-49)39-52(54)61-51-38-45(60(8,9)10)28-32-53(51)62(55-36-41(2)37-56(63)57(55)61)46-29-26-44(27-30-46)59(5,6)7/h11-39H,1-10H3. The summed E-state index contributed by atoms with van der Waals surface area (Å²) in [6.07, 6.45) is 0. The molecule has 0 aliphatic carbocycles. The molecule has 0 aromatic heterocycles. The Morgan fingerprint density at radius 3 is 1.34 bits per heavy atom. The number of benzene rings is 8. The second kappa shape index (κ2) is 15.4. The fraction of sp³-hybridized carbons (Fsp3) is 0.200. The average Bonchev–Trinajstić information content (AvgIpc) is 3.27. The van der Waals surface area contributed by atoms with Crippen LogP contribution in [0.2, 0.25) is 0 Å². The Kier molecular flexibility index (Phi) is 10.0.